The Balaban J connectivity index is 1.32. The first-order valence-corrected chi connectivity index (χ1v) is 9.70. The average Bonchev–Trinajstić information content (AvgIpc) is 3.04. The number of rotatable bonds is 4. The molecular formula is C22H27N3O. The number of benzene rings is 2. The van der Waals surface area contributed by atoms with E-state index in [1.807, 2.05) is 12.1 Å². The highest BCUT2D eigenvalue weighted by atomic mass is 16.1. The summed E-state index contributed by atoms with van der Waals surface area (Å²) in [6.07, 6.45) is 3.19. The largest absolute Gasteiger partial charge is 0.371 e. The molecule has 4 heteroatoms. The topological polar surface area (TPSA) is 44.4 Å². The van der Waals surface area contributed by atoms with Gasteiger partial charge < -0.3 is 15.5 Å². The van der Waals surface area contributed by atoms with E-state index in [2.05, 4.69) is 51.9 Å². The van der Waals surface area contributed by atoms with Crippen LogP contribution < -0.4 is 15.5 Å². The van der Waals surface area contributed by atoms with Crippen LogP contribution in [0, 0.1) is 5.92 Å². The van der Waals surface area contributed by atoms with E-state index in [1.165, 1.54) is 16.8 Å². The predicted molar refractivity (Wildman–Crippen MR) is 106 cm³/mol. The highest BCUT2D eigenvalue weighted by Gasteiger charge is 2.23. The first-order chi connectivity index (χ1) is 12.8. The van der Waals surface area contributed by atoms with Crippen molar-refractivity contribution < 1.29 is 4.79 Å². The average molecular weight is 349 g/mol. The zero-order valence-electron chi connectivity index (χ0n) is 15.2. The van der Waals surface area contributed by atoms with Crippen molar-refractivity contribution in [3.8, 4) is 0 Å². The van der Waals surface area contributed by atoms with Crippen LogP contribution in [0.2, 0.25) is 0 Å². The predicted octanol–water partition coefficient (Wildman–Crippen LogP) is 2.63. The number of hydrogen-bond donors (Lipinski definition) is 2. The van der Waals surface area contributed by atoms with Gasteiger partial charge >= 0.3 is 0 Å². The number of nitrogens with zero attached hydrogens (tertiary/aromatic N) is 1. The minimum absolute atomic E-state index is 0.0585. The molecule has 0 unspecified atom stereocenters. The summed E-state index contributed by atoms with van der Waals surface area (Å²) in [4.78, 5) is 15.0. The molecule has 2 N–H and O–H groups in total. The lowest BCUT2D eigenvalue weighted by atomic mass is 9.99. The minimum Gasteiger partial charge on any atom is -0.371 e. The first kappa shape index (κ1) is 17.1. The Morgan fingerprint density at radius 2 is 1.88 bits per heavy atom. The summed E-state index contributed by atoms with van der Waals surface area (Å²) < 4.78 is 0. The molecule has 1 saturated heterocycles. The summed E-state index contributed by atoms with van der Waals surface area (Å²) in [5.74, 6) is 0.576. The van der Waals surface area contributed by atoms with E-state index >= 15 is 0 Å². The van der Waals surface area contributed by atoms with Gasteiger partial charge in [-0.25, -0.2) is 0 Å². The maximum absolute atomic E-state index is 12.6. The number of carbonyl (C=O) groups excluding carboxylic acids is 1. The van der Waals surface area contributed by atoms with Gasteiger partial charge in [0.1, 0.15) is 0 Å². The van der Waals surface area contributed by atoms with Gasteiger partial charge in [0, 0.05) is 30.9 Å². The van der Waals surface area contributed by atoms with Gasteiger partial charge in [0.15, 0.2) is 0 Å². The maximum Gasteiger partial charge on any atom is 0.251 e. The van der Waals surface area contributed by atoms with Gasteiger partial charge in [-0.15, -0.1) is 0 Å². The minimum atomic E-state index is 0.0585. The van der Waals surface area contributed by atoms with Crippen molar-refractivity contribution in [1.82, 2.24) is 10.6 Å². The van der Waals surface area contributed by atoms with Crippen molar-refractivity contribution >= 4 is 11.6 Å². The van der Waals surface area contributed by atoms with E-state index in [9.17, 15) is 4.79 Å². The number of fused-ring (bicyclic) bond motifs is 1. The van der Waals surface area contributed by atoms with Gasteiger partial charge in [-0.2, -0.15) is 0 Å². The third-order valence-electron chi connectivity index (χ3n) is 5.57. The van der Waals surface area contributed by atoms with Crippen molar-refractivity contribution in [2.24, 2.45) is 5.92 Å². The molecule has 2 aliphatic heterocycles. The zero-order valence-corrected chi connectivity index (χ0v) is 15.2. The van der Waals surface area contributed by atoms with Gasteiger partial charge in [0.2, 0.25) is 0 Å². The van der Waals surface area contributed by atoms with Gasteiger partial charge in [-0.3, -0.25) is 4.79 Å². The second-order valence-corrected chi connectivity index (χ2v) is 7.38. The summed E-state index contributed by atoms with van der Waals surface area (Å²) in [7, 11) is 0. The van der Waals surface area contributed by atoms with E-state index < -0.39 is 0 Å². The van der Waals surface area contributed by atoms with E-state index in [-0.39, 0.29) is 5.91 Å². The van der Waals surface area contributed by atoms with Crippen LogP contribution in [0.3, 0.4) is 0 Å². The lowest BCUT2D eigenvalue weighted by Crippen LogP contribution is -2.31. The van der Waals surface area contributed by atoms with Gasteiger partial charge in [-0.05, 0) is 73.7 Å². The smallest absolute Gasteiger partial charge is 0.251 e. The van der Waals surface area contributed by atoms with Crippen LogP contribution in [-0.4, -0.2) is 38.6 Å². The maximum atomic E-state index is 12.6. The molecule has 4 rings (SSSR count). The Hall–Kier alpha value is -2.33. The molecule has 2 heterocycles. The van der Waals surface area contributed by atoms with E-state index in [4.69, 9.17) is 0 Å². The van der Waals surface area contributed by atoms with Crippen LogP contribution >= 0.6 is 0 Å². The standard InChI is InChI=1S/C22H27N3O/c26-22(20-7-6-18-8-11-23-12-9-19(18)14-20)24-15-17-10-13-25(16-17)21-4-2-1-3-5-21/h1-7,14,17,23H,8-13,15-16H2,(H,24,26)/t17-/m0/s1. The quantitative estimate of drug-likeness (QED) is 0.892. The summed E-state index contributed by atoms with van der Waals surface area (Å²) in [5.41, 5.74) is 4.77. The molecule has 0 saturated carbocycles. The SMILES string of the molecule is O=C(NC[C@@H]1CCN(c2ccccc2)C1)c1ccc2c(c1)CCNCC2. The third kappa shape index (κ3) is 3.91. The molecule has 0 aromatic heterocycles. The summed E-state index contributed by atoms with van der Waals surface area (Å²) in [5, 5.41) is 6.57. The van der Waals surface area contributed by atoms with Gasteiger partial charge in [-0.1, -0.05) is 24.3 Å². The summed E-state index contributed by atoms with van der Waals surface area (Å²) >= 11 is 0. The molecule has 4 nitrogen and oxygen atoms in total. The van der Waals surface area contributed by atoms with Crippen molar-refractivity contribution in [1.29, 1.82) is 0 Å². The number of nitrogens with one attached hydrogen (secondary N) is 2. The Morgan fingerprint density at radius 3 is 2.73 bits per heavy atom. The van der Waals surface area contributed by atoms with Crippen molar-refractivity contribution in [2.75, 3.05) is 37.6 Å². The molecule has 0 spiro atoms. The molecule has 0 bridgehead atoms. The number of amides is 1. The molecular weight excluding hydrogens is 322 g/mol. The molecule has 2 aliphatic rings. The number of hydrogen-bond acceptors (Lipinski definition) is 3. The summed E-state index contributed by atoms with van der Waals surface area (Å²) in [6, 6.07) is 16.7. The van der Waals surface area contributed by atoms with Crippen LogP contribution in [0.1, 0.15) is 27.9 Å². The molecule has 2 aromatic carbocycles. The molecule has 136 valence electrons. The normalized spacial score (nSPS) is 19.7. The Kier molecular flexibility index (Phi) is 5.21. The molecule has 0 radical (unpaired) electrons. The summed E-state index contributed by atoms with van der Waals surface area (Å²) in [6.45, 7) is 4.85. The second kappa shape index (κ2) is 7.92. The molecule has 1 fully saturated rings. The fraction of sp³-hybridized carbons (Fsp3) is 0.409. The lowest BCUT2D eigenvalue weighted by Gasteiger charge is -2.18. The second-order valence-electron chi connectivity index (χ2n) is 7.38. The number of carbonyl (C=O) groups is 1. The molecule has 2 aromatic rings. The van der Waals surface area contributed by atoms with E-state index in [0.717, 1.165) is 57.5 Å². The molecule has 0 aliphatic carbocycles. The van der Waals surface area contributed by atoms with Gasteiger partial charge in [0.05, 0.1) is 0 Å². The first-order valence-electron chi connectivity index (χ1n) is 9.70. The fourth-order valence-corrected chi connectivity index (χ4v) is 4.03. The number of anilines is 1. The van der Waals surface area contributed by atoms with Crippen molar-refractivity contribution in [3.63, 3.8) is 0 Å². The van der Waals surface area contributed by atoms with E-state index in [1.54, 1.807) is 0 Å². The van der Waals surface area contributed by atoms with Crippen molar-refractivity contribution in [2.45, 2.75) is 19.3 Å². The molecule has 1 atom stereocenters. The highest BCUT2D eigenvalue weighted by molar-refractivity contribution is 5.94. The highest BCUT2D eigenvalue weighted by Crippen LogP contribution is 2.23. The zero-order chi connectivity index (χ0) is 17.8. The monoisotopic (exact) mass is 349 g/mol. The lowest BCUT2D eigenvalue weighted by molar-refractivity contribution is 0.0948. The number of para-hydroxylation sites is 1. The third-order valence-corrected chi connectivity index (χ3v) is 5.57. The fourth-order valence-electron chi connectivity index (χ4n) is 4.03. The van der Waals surface area contributed by atoms with Crippen LogP contribution in [0.5, 0.6) is 0 Å². The van der Waals surface area contributed by atoms with Crippen LogP contribution in [0.25, 0.3) is 0 Å². The molecule has 1 amide bonds. The Bertz CT molecular complexity index is 759. The Morgan fingerprint density at radius 1 is 1.08 bits per heavy atom. The van der Waals surface area contributed by atoms with Crippen LogP contribution in [0.15, 0.2) is 48.5 Å². The van der Waals surface area contributed by atoms with E-state index in [0.29, 0.717) is 5.92 Å². The molecule has 26 heavy (non-hydrogen) atoms. The van der Waals surface area contributed by atoms with Crippen molar-refractivity contribution in [3.05, 3.63) is 65.2 Å². The van der Waals surface area contributed by atoms with Crippen LogP contribution in [-0.2, 0) is 12.8 Å². The van der Waals surface area contributed by atoms with Crippen LogP contribution in [0.4, 0.5) is 5.69 Å². The Labute approximate surface area is 155 Å². The van der Waals surface area contributed by atoms with Gasteiger partial charge in [0.25, 0.3) is 5.91 Å².